The molecule has 18 heavy (non-hydrogen) atoms. The first-order valence-corrected chi connectivity index (χ1v) is 6.03. The minimum absolute atomic E-state index is 0.00143. The SMILES string of the molecule is COC(=O)C(Cl)CNC(=O)c1ccc(C)c(Cl)c1. The Hall–Kier alpha value is -1.26. The van der Waals surface area contributed by atoms with E-state index in [0.29, 0.717) is 10.6 Å². The Morgan fingerprint density at radius 1 is 1.44 bits per heavy atom. The van der Waals surface area contributed by atoms with Gasteiger partial charge in [0.05, 0.1) is 7.11 Å². The molecule has 1 amide bonds. The zero-order valence-corrected chi connectivity index (χ0v) is 11.5. The maximum absolute atomic E-state index is 11.7. The summed E-state index contributed by atoms with van der Waals surface area (Å²) in [4.78, 5) is 22.8. The van der Waals surface area contributed by atoms with E-state index in [9.17, 15) is 9.59 Å². The molecule has 1 aromatic carbocycles. The maximum Gasteiger partial charge on any atom is 0.325 e. The van der Waals surface area contributed by atoms with Gasteiger partial charge in [-0.05, 0) is 24.6 Å². The van der Waals surface area contributed by atoms with Crippen LogP contribution in [0, 0.1) is 6.92 Å². The van der Waals surface area contributed by atoms with Gasteiger partial charge in [0, 0.05) is 17.1 Å². The van der Waals surface area contributed by atoms with Gasteiger partial charge >= 0.3 is 5.97 Å². The number of benzene rings is 1. The van der Waals surface area contributed by atoms with Crippen LogP contribution in [0.5, 0.6) is 0 Å². The maximum atomic E-state index is 11.7. The first-order chi connectivity index (χ1) is 8.45. The van der Waals surface area contributed by atoms with Gasteiger partial charge in [-0.1, -0.05) is 17.7 Å². The van der Waals surface area contributed by atoms with Gasteiger partial charge in [0.1, 0.15) is 5.38 Å². The Labute approximate surface area is 115 Å². The monoisotopic (exact) mass is 289 g/mol. The first kappa shape index (κ1) is 14.8. The molecule has 6 heteroatoms. The van der Waals surface area contributed by atoms with E-state index < -0.39 is 11.3 Å². The van der Waals surface area contributed by atoms with Gasteiger partial charge in [-0.25, -0.2) is 0 Å². The Morgan fingerprint density at radius 2 is 2.11 bits per heavy atom. The Balaban J connectivity index is 2.60. The van der Waals surface area contributed by atoms with E-state index in [4.69, 9.17) is 23.2 Å². The average Bonchev–Trinajstić information content (AvgIpc) is 2.37. The van der Waals surface area contributed by atoms with Crippen LogP contribution >= 0.6 is 23.2 Å². The van der Waals surface area contributed by atoms with Crippen molar-refractivity contribution in [3.05, 3.63) is 34.3 Å². The molecule has 4 nitrogen and oxygen atoms in total. The lowest BCUT2D eigenvalue weighted by Gasteiger charge is -2.09. The highest BCUT2D eigenvalue weighted by atomic mass is 35.5. The molecule has 0 heterocycles. The summed E-state index contributed by atoms with van der Waals surface area (Å²) in [6.07, 6.45) is 0. The number of alkyl halides is 1. The fourth-order valence-corrected chi connectivity index (χ4v) is 1.58. The number of hydrogen-bond acceptors (Lipinski definition) is 3. The summed E-state index contributed by atoms with van der Waals surface area (Å²) in [6, 6.07) is 4.96. The van der Waals surface area contributed by atoms with Crippen molar-refractivity contribution >= 4 is 35.1 Å². The van der Waals surface area contributed by atoms with Crippen molar-refractivity contribution < 1.29 is 14.3 Å². The summed E-state index contributed by atoms with van der Waals surface area (Å²) in [5.41, 5.74) is 1.30. The molecule has 0 saturated heterocycles. The molecule has 0 aliphatic heterocycles. The molecule has 0 aliphatic carbocycles. The summed E-state index contributed by atoms with van der Waals surface area (Å²) in [6.45, 7) is 1.84. The fourth-order valence-electron chi connectivity index (χ4n) is 1.23. The topological polar surface area (TPSA) is 55.4 Å². The summed E-state index contributed by atoms with van der Waals surface area (Å²) >= 11 is 11.6. The average molecular weight is 290 g/mol. The third-order valence-corrected chi connectivity index (χ3v) is 3.07. The van der Waals surface area contributed by atoms with Crippen LogP contribution in [0.2, 0.25) is 5.02 Å². The van der Waals surface area contributed by atoms with Gasteiger partial charge in [0.25, 0.3) is 5.91 Å². The molecule has 1 aromatic rings. The molecule has 98 valence electrons. The minimum atomic E-state index is -0.903. The van der Waals surface area contributed by atoms with E-state index in [-0.39, 0.29) is 12.5 Å². The van der Waals surface area contributed by atoms with E-state index >= 15 is 0 Å². The van der Waals surface area contributed by atoms with Crippen molar-refractivity contribution in [2.24, 2.45) is 0 Å². The molecule has 1 N–H and O–H groups in total. The van der Waals surface area contributed by atoms with Gasteiger partial charge in [-0.15, -0.1) is 11.6 Å². The standard InChI is InChI=1S/C12H13Cl2NO3/c1-7-3-4-8(5-9(7)13)11(16)15-6-10(14)12(17)18-2/h3-5,10H,6H2,1-2H3,(H,15,16). The largest absolute Gasteiger partial charge is 0.468 e. The zero-order valence-electron chi connectivity index (χ0n) is 10.00. The molecule has 0 aromatic heterocycles. The second kappa shape index (κ2) is 6.61. The van der Waals surface area contributed by atoms with Gasteiger partial charge in [-0.2, -0.15) is 0 Å². The molecule has 0 aliphatic rings. The molecule has 1 unspecified atom stereocenters. The van der Waals surface area contributed by atoms with Crippen LogP contribution in [-0.2, 0) is 9.53 Å². The van der Waals surface area contributed by atoms with E-state index in [0.717, 1.165) is 5.56 Å². The van der Waals surface area contributed by atoms with Crippen molar-refractivity contribution in [2.75, 3.05) is 13.7 Å². The highest BCUT2D eigenvalue weighted by molar-refractivity contribution is 6.31. The number of ether oxygens (including phenoxy) is 1. The van der Waals surface area contributed by atoms with Gasteiger partial charge in [-0.3, -0.25) is 9.59 Å². The summed E-state index contributed by atoms with van der Waals surface area (Å²) in [5.74, 6) is -0.926. The normalized spacial score (nSPS) is 11.8. The Morgan fingerprint density at radius 3 is 2.67 bits per heavy atom. The van der Waals surface area contributed by atoms with Crippen LogP contribution in [0.15, 0.2) is 18.2 Å². The van der Waals surface area contributed by atoms with E-state index in [1.165, 1.54) is 7.11 Å². The number of esters is 1. The van der Waals surface area contributed by atoms with Crippen molar-refractivity contribution in [3.63, 3.8) is 0 Å². The van der Waals surface area contributed by atoms with Gasteiger partial charge in [0.2, 0.25) is 0 Å². The number of methoxy groups -OCH3 is 1. The number of carbonyl (C=O) groups is 2. The second-order valence-electron chi connectivity index (χ2n) is 3.66. The zero-order chi connectivity index (χ0) is 13.7. The number of nitrogens with one attached hydrogen (secondary N) is 1. The summed E-state index contributed by atoms with van der Waals surface area (Å²) in [7, 11) is 1.24. The molecule has 0 spiro atoms. The molecule has 1 rings (SSSR count). The number of rotatable bonds is 4. The molecular formula is C12H13Cl2NO3. The summed E-state index contributed by atoms with van der Waals surface area (Å²) < 4.78 is 4.44. The molecule has 1 atom stereocenters. The van der Waals surface area contributed by atoms with Crippen LogP contribution in [0.1, 0.15) is 15.9 Å². The van der Waals surface area contributed by atoms with Crippen LogP contribution in [-0.4, -0.2) is 30.9 Å². The lowest BCUT2D eigenvalue weighted by Crippen LogP contribution is -2.34. The molecule has 0 saturated carbocycles. The highest BCUT2D eigenvalue weighted by Crippen LogP contribution is 2.16. The molecule has 0 fully saturated rings. The predicted molar refractivity (Wildman–Crippen MR) is 70.2 cm³/mol. The predicted octanol–water partition coefficient (Wildman–Crippen LogP) is 2.16. The quantitative estimate of drug-likeness (QED) is 0.683. The van der Waals surface area contributed by atoms with Crippen LogP contribution in [0.3, 0.4) is 0 Å². The van der Waals surface area contributed by atoms with Crippen LogP contribution in [0.25, 0.3) is 0 Å². The molecule has 0 bridgehead atoms. The molecule has 0 radical (unpaired) electrons. The number of amides is 1. The number of carbonyl (C=O) groups excluding carboxylic acids is 2. The van der Waals surface area contributed by atoms with Gasteiger partial charge in [0.15, 0.2) is 0 Å². The highest BCUT2D eigenvalue weighted by Gasteiger charge is 2.17. The number of hydrogen-bond donors (Lipinski definition) is 1. The first-order valence-electron chi connectivity index (χ1n) is 5.22. The van der Waals surface area contributed by atoms with E-state index in [1.54, 1.807) is 18.2 Å². The third kappa shape index (κ3) is 3.89. The van der Waals surface area contributed by atoms with Crippen molar-refractivity contribution in [3.8, 4) is 0 Å². The van der Waals surface area contributed by atoms with Crippen molar-refractivity contribution in [1.29, 1.82) is 0 Å². The van der Waals surface area contributed by atoms with Crippen molar-refractivity contribution in [1.82, 2.24) is 5.32 Å². The van der Waals surface area contributed by atoms with E-state index in [2.05, 4.69) is 10.1 Å². The minimum Gasteiger partial charge on any atom is -0.468 e. The number of halogens is 2. The van der Waals surface area contributed by atoms with Crippen LogP contribution in [0.4, 0.5) is 0 Å². The third-order valence-electron chi connectivity index (χ3n) is 2.33. The summed E-state index contributed by atoms with van der Waals surface area (Å²) in [5, 5.41) is 2.14. The second-order valence-corrected chi connectivity index (χ2v) is 4.60. The Kier molecular flexibility index (Phi) is 5.44. The Bertz CT molecular complexity index is 463. The van der Waals surface area contributed by atoms with Crippen molar-refractivity contribution in [2.45, 2.75) is 12.3 Å². The fraction of sp³-hybridized carbons (Fsp3) is 0.333. The molecular weight excluding hydrogens is 277 g/mol. The lowest BCUT2D eigenvalue weighted by atomic mass is 10.1. The number of aryl methyl sites for hydroxylation is 1. The van der Waals surface area contributed by atoms with Gasteiger partial charge < -0.3 is 10.1 Å². The van der Waals surface area contributed by atoms with Crippen LogP contribution < -0.4 is 5.32 Å². The lowest BCUT2D eigenvalue weighted by molar-refractivity contribution is -0.140. The van der Waals surface area contributed by atoms with E-state index in [1.807, 2.05) is 6.92 Å². The smallest absolute Gasteiger partial charge is 0.325 e.